The van der Waals surface area contributed by atoms with Gasteiger partial charge in [0.2, 0.25) is 0 Å². The molecule has 0 aromatic carbocycles. The minimum Gasteiger partial charge on any atom is -0.391 e. The lowest BCUT2D eigenvalue weighted by Gasteiger charge is -2.26. The van der Waals surface area contributed by atoms with E-state index >= 15 is 0 Å². The molecule has 4 rings (SSSR count). The van der Waals surface area contributed by atoms with Crippen molar-refractivity contribution in [1.82, 2.24) is 15.0 Å². The van der Waals surface area contributed by atoms with E-state index in [1.165, 1.54) is 4.68 Å². The second-order valence-electron chi connectivity index (χ2n) is 8.71. The molecular weight excluding hydrogens is 412 g/mol. The van der Waals surface area contributed by atoms with Gasteiger partial charge in [-0.2, -0.15) is 0 Å². The van der Waals surface area contributed by atoms with Gasteiger partial charge >= 0.3 is 0 Å². The Balaban J connectivity index is 1.37. The lowest BCUT2D eigenvalue weighted by atomic mass is 10.1. The van der Waals surface area contributed by atoms with Gasteiger partial charge in [-0.1, -0.05) is 10.3 Å². The van der Waals surface area contributed by atoms with Crippen LogP contribution < -0.4 is 0 Å². The van der Waals surface area contributed by atoms with Gasteiger partial charge in [0.05, 0.1) is 38.6 Å². The Morgan fingerprint density at radius 2 is 2.03 bits per heavy atom. The minimum absolute atomic E-state index is 0.0422. The molecule has 0 bridgehead atoms. The number of nitrogens with zero attached hydrogens (tertiary/aromatic N) is 6. The fourth-order valence-corrected chi connectivity index (χ4v) is 3.97. The predicted molar refractivity (Wildman–Crippen MR) is 102 cm³/mol. The Kier molecular flexibility index (Phi) is 6.21. The van der Waals surface area contributed by atoms with Crippen molar-refractivity contribution in [3.63, 3.8) is 0 Å². The fraction of sp³-hybridized carbons (Fsp3) is 0.889. The first-order valence-electron chi connectivity index (χ1n) is 10.2. The summed E-state index contributed by atoms with van der Waals surface area (Å²) in [7, 11) is 0. The van der Waals surface area contributed by atoms with Crippen molar-refractivity contribution in [1.29, 1.82) is 0 Å². The molecule has 31 heavy (non-hydrogen) atoms. The SMILES string of the molecule is CC1(C)O[C@@H]2[C@H](O1)[C@H](OCc1cn(CC(O)CN=[N+]=[N-])nn1)O[C@@H]2[C@H]1COC(C)(C)O1. The average molecular weight is 440 g/mol. The van der Waals surface area contributed by atoms with E-state index in [1.54, 1.807) is 6.20 Å². The van der Waals surface area contributed by atoms with Crippen LogP contribution in [-0.4, -0.2) is 81.6 Å². The van der Waals surface area contributed by atoms with E-state index in [0.717, 1.165) is 0 Å². The highest BCUT2D eigenvalue weighted by atomic mass is 16.8. The average Bonchev–Trinajstić information content (AvgIpc) is 3.42. The van der Waals surface area contributed by atoms with E-state index in [0.29, 0.717) is 12.3 Å². The monoisotopic (exact) mass is 440 g/mol. The molecule has 3 aliphatic rings. The van der Waals surface area contributed by atoms with Gasteiger partial charge in [0.15, 0.2) is 17.9 Å². The van der Waals surface area contributed by atoms with Crippen molar-refractivity contribution in [2.24, 2.45) is 5.11 Å². The molecule has 3 fully saturated rings. The molecule has 4 heterocycles. The first-order valence-corrected chi connectivity index (χ1v) is 10.2. The van der Waals surface area contributed by atoms with Gasteiger partial charge < -0.3 is 33.5 Å². The quantitative estimate of drug-likeness (QED) is 0.352. The van der Waals surface area contributed by atoms with E-state index < -0.39 is 36.2 Å². The highest BCUT2D eigenvalue weighted by molar-refractivity contribution is 5.00. The molecular formula is C18H28N6O7. The van der Waals surface area contributed by atoms with Crippen LogP contribution in [0.25, 0.3) is 10.4 Å². The summed E-state index contributed by atoms with van der Waals surface area (Å²) in [5.74, 6) is -1.45. The Bertz CT molecular complexity index is 826. The van der Waals surface area contributed by atoms with Crippen LogP contribution in [-0.2, 0) is 41.6 Å². The summed E-state index contributed by atoms with van der Waals surface area (Å²) in [6.45, 7) is 8.05. The molecule has 1 aromatic rings. The van der Waals surface area contributed by atoms with Crippen molar-refractivity contribution in [2.75, 3.05) is 13.2 Å². The normalized spacial score (nSPS) is 34.4. The second-order valence-corrected chi connectivity index (χ2v) is 8.71. The highest BCUT2D eigenvalue weighted by Crippen LogP contribution is 2.42. The number of aromatic nitrogens is 3. The van der Waals surface area contributed by atoms with Crippen LogP contribution in [0.4, 0.5) is 0 Å². The van der Waals surface area contributed by atoms with Crippen molar-refractivity contribution < 1.29 is 33.5 Å². The minimum atomic E-state index is -0.852. The summed E-state index contributed by atoms with van der Waals surface area (Å²) >= 11 is 0. The Labute approximate surface area is 179 Å². The lowest BCUT2D eigenvalue weighted by Crippen LogP contribution is -2.40. The fourth-order valence-electron chi connectivity index (χ4n) is 3.97. The summed E-state index contributed by atoms with van der Waals surface area (Å²) in [6, 6.07) is 0. The summed E-state index contributed by atoms with van der Waals surface area (Å²) in [5, 5.41) is 21.1. The Morgan fingerprint density at radius 3 is 2.74 bits per heavy atom. The molecule has 0 aliphatic carbocycles. The molecule has 0 amide bonds. The van der Waals surface area contributed by atoms with Crippen molar-refractivity contribution in [2.45, 2.75) is 89.2 Å². The van der Waals surface area contributed by atoms with E-state index in [2.05, 4.69) is 20.3 Å². The lowest BCUT2D eigenvalue weighted by molar-refractivity contribution is -0.250. The van der Waals surface area contributed by atoms with Crippen LogP contribution in [0.3, 0.4) is 0 Å². The maximum absolute atomic E-state index is 9.81. The largest absolute Gasteiger partial charge is 0.391 e. The number of aliphatic hydroxyl groups excluding tert-OH is 1. The number of azide groups is 1. The molecule has 0 spiro atoms. The zero-order chi connectivity index (χ0) is 22.2. The number of ether oxygens (including phenoxy) is 6. The number of rotatable bonds is 8. The molecule has 1 aromatic heterocycles. The zero-order valence-corrected chi connectivity index (χ0v) is 17.9. The number of aliphatic hydroxyl groups is 1. The van der Waals surface area contributed by atoms with Crippen LogP contribution in [0.5, 0.6) is 0 Å². The molecule has 3 saturated heterocycles. The Morgan fingerprint density at radius 1 is 1.26 bits per heavy atom. The van der Waals surface area contributed by atoms with Crippen LogP contribution in [0.2, 0.25) is 0 Å². The topological polar surface area (TPSA) is 155 Å². The maximum Gasteiger partial charge on any atom is 0.187 e. The first kappa shape index (κ1) is 22.4. The maximum atomic E-state index is 9.81. The van der Waals surface area contributed by atoms with Gasteiger partial charge in [0, 0.05) is 4.91 Å². The second kappa shape index (κ2) is 8.60. The molecule has 0 radical (unpaired) electrons. The summed E-state index contributed by atoms with van der Waals surface area (Å²) in [6.07, 6.45) is -1.35. The third-order valence-electron chi connectivity index (χ3n) is 5.18. The first-order chi connectivity index (χ1) is 14.7. The van der Waals surface area contributed by atoms with Gasteiger partial charge in [-0.3, -0.25) is 0 Å². The van der Waals surface area contributed by atoms with E-state index in [4.69, 9.17) is 34.0 Å². The number of fused-ring (bicyclic) bond motifs is 1. The Hall–Kier alpha value is -1.83. The van der Waals surface area contributed by atoms with E-state index in [9.17, 15) is 5.11 Å². The van der Waals surface area contributed by atoms with Crippen molar-refractivity contribution in [3.05, 3.63) is 22.3 Å². The van der Waals surface area contributed by atoms with Gasteiger partial charge in [-0.15, -0.1) is 5.10 Å². The van der Waals surface area contributed by atoms with Crippen LogP contribution in [0.1, 0.15) is 33.4 Å². The van der Waals surface area contributed by atoms with Crippen LogP contribution in [0, 0.1) is 0 Å². The third-order valence-corrected chi connectivity index (χ3v) is 5.18. The number of hydrogen-bond donors (Lipinski definition) is 1. The summed E-state index contributed by atoms with van der Waals surface area (Å²) in [4.78, 5) is 2.62. The van der Waals surface area contributed by atoms with Gasteiger partial charge in [0.25, 0.3) is 0 Å². The van der Waals surface area contributed by atoms with E-state index in [-0.39, 0.29) is 31.9 Å². The van der Waals surface area contributed by atoms with Crippen LogP contribution in [0.15, 0.2) is 11.3 Å². The smallest absolute Gasteiger partial charge is 0.187 e. The molecule has 1 unspecified atom stereocenters. The molecule has 0 saturated carbocycles. The molecule has 6 atom stereocenters. The highest BCUT2D eigenvalue weighted by Gasteiger charge is 2.59. The zero-order valence-electron chi connectivity index (χ0n) is 17.9. The van der Waals surface area contributed by atoms with Crippen molar-refractivity contribution >= 4 is 0 Å². The molecule has 172 valence electrons. The molecule has 3 aliphatic heterocycles. The van der Waals surface area contributed by atoms with E-state index in [1.807, 2.05) is 27.7 Å². The van der Waals surface area contributed by atoms with Gasteiger partial charge in [-0.05, 0) is 33.2 Å². The summed E-state index contributed by atoms with van der Waals surface area (Å²) in [5.41, 5.74) is 8.87. The van der Waals surface area contributed by atoms with Gasteiger partial charge in [0.1, 0.15) is 30.1 Å². The molecule has 13 heteroatoms. The standard InChI is InChI=1S/C18H28N6O7/c1-17(2)27-9-12(29-17)13-14-15(31-18(3,4)30-14)16(28-13)26-8-10-6-24(23-21-10)7-11(25)5-20-22-19/h6,11-16,25H,5,7-9H2,1-4H3/t11?,12-,13-,14+,15+,16-/m1/s1. The molecule has 13 nitrogen and oxygen atoms in total. The third kappa shape index (κ3) is 5.16. The van der Waals surface area contributed by atoms with Crippen LogP contribution >= 0.6 is 0 Å². The predicted octanol–water partition coefficient (Wildman–Crippen LogP) is 0.862. The summed E-state index contributed by atoms with van der Waals surface area (Å²) < 4.78 is 37.3. The van der Waals surface area contributed by atoms with Gasteiger partial charge in [-0.25, -0.2) is 4.68 Å². The molecule has 1 N–H and O–H groups in total. The number of hydrogen-bond acceptors (Lipinski definition) is 10. The van der Waals surface area contributed by atoms with Crippen molar-refractivity contribution in [3.8, 4) is 0 Å².